The molecular formula is C8H15N3. The number of nitrogens with two attached hydrogens (primary N) is 1. The largest absolute Gasteiger partial charge is 0.340 e. The lowest BCUT2D eigenvalue weighted by molar-refractivity contribution is 0.524. The Morgan fingerprint density at radius 2 is 2.27 bits per heavy atom. The fourth-order valence-corrected chi connectivity index (χ4v) is 0.867. The third kappa shape index (κ3) is 1.60. The van der Waals surface area contributed by atoms with Crippen molar-refractivity contribution >= 4 is 0 Å². The molecule has 2 N–H and O–H groups in total. The standard InChI is InChI=1S/C8H15N3/c1-8(2,5-9)7-4-11(3)6-10-7/h4,6H,5,9H2,1-3H3. The zero-order chi connectivity index (χ0) is 8.48. The number of hydrogen-bond donors (Lipinski definition) is 1. The molecular weight excluding hydrogens is 138 g/mol. The van der Waals surface area contributed by atoms with E-state index in [1.807, 2.05) is 17.8 Å². The maximum Gasteiger partial charge on any atom is 0.0947 e. The number of aryl methyl sites for hydroxylation is 1. The molecule has 0 saturated heterocycles. The SMILES string of the molecule is Cn1cnc(C(C)(C)CN)c1. The fraction of sp³-hybridized carbons (Fsp3) is 0.625. The van der Waals surface area contributed by atoms with Crippen molar-refractivity contribution in [3.8, 4) is 0 Å². The van der Waals surface area contributed by atoms with E-state index in [4.69, 9.17) is 5.73 Å². The Kier molecular flexibility index (Phi) is 2.00. The zero-order valence-corrected chi connectivity index (χ0v) is 7.33. The Hall–Kier alpha value is -0.830. The van der Waals surface area contributed by atoms with Gasteiger partial charge in [0.2, 0.25) is 0 Å². The minimum Gasteiger partial charge on any atom is -0.340 e. The van der Waals surface area contributed by atoms with Gasteiger partial charge in [-0.1, -0.05) is 13.8 Å². The van der Waals surface area contributed by atoms with E-state index in [2.05, 4.69) is 18.8 Å². The summed E-state index contributed by atoms with van der Waals surface area (Å²) in [7, 11) is 1.96. The van der Waals surface area contributed by atoms with Crippen LogP contribution in [0.25, 0.3) is 0 Å². The molecule has 3 heteroatoms. The third-order valence-corrected chi connectivity index (χ3v) is 1.91. The average molecular weight is 153 g/mol. The Morgan fingerprint density at radius 1 is 1.64 bits per heavy atom. The van der Waals surface area contributed by atoms with Crippen LogP contribution < -0.4 is 5.73 Å². The number of aromatic nitrogens is 2. The molecule has 0 aliphatic carbocycles. The first-order valence-electron chi connectivity index (χ1n) is 3.75. The summed E-state index contributed by atoms with van der Waals surface area (Å²) in [6, 6.07) is 0. The van der Waals surface area contributed by atoms with Gasteiger partial charge in [-0.05, 0) is 0 Å². The van der Waals surface area contributed by atoms with Crippen LogP contribution in [0.1, 0.15) is 19.5 Å². The summed E-state index contributed by atoms with van der Waals surface area (Å²) in [6.07, 6.45) is 3.81. The van der Waals surface area contributed by atoms with Crippen molar-refractivity contribution in [2.75, 3.05) is 6.54 Å². The van der Waals surface area contributed by atoms with Gasteiger partial charge in [0.25, 0.3) is 0 Å². The molecule has 0 bridgehead atoms. The monoisotopic (exact) mass is 153 g/mol. The molecule has 0 saturated carbocycles. The Labute approximate surface area is 67.2 Å². The highest BCUT2D eigenvalue weighted by Crippen LogP contribution is 2.18. The first-order valence-corrected chi connectivity index (χ1v) is 3.75. The van der Waals surface area contributed by atoms with E-state index in [9.17, 15) is 0 Å². The summed E-state index contributed by atoms with van der Waals surface area (Å²) in [6.45, 7) is 4.81. The zero-order valence-electron chi connectivity index (χ0n) is 7.33. The topological polar surface area (TPSA) is 43.8 Å². The van der Waals surface area contributed by atoms with Crippen LogP contribution in [0, 0.1) is 0 Å². The highest BCUT2D eigenvalue weighted by atomic mass is 15.0. The van der Waals surface area contributed by atoms with Gasteiger partial charge in [-0.15, -0.1) is 0 Å². The molecule has 0 fully saturated rings. The van der Waals surface area contributed by atoms with Gasteiger partial charge in [0.05, 0.1) is 12.0 Å². The Bertz CT molecular complexity index is 237. The predicted octanol–water partition coefficient (Wildman–Crippen LogP) is 0.656. The first-order chi connectivity index (χ1) is 5.06. The molecule has 0 unspecified atom stereocenters. The van der Waals surface area contributed by atoms with Crippen molar-refractivity contribution in [1.29, 1.82) is 0 Å². The molecule has 1 aromatic rings. The van der Waals surface area contributed by atoms with Gasteiger partial charge in [-0.2, -0.15) is 0 Å². The predicted molar refractivity (Wildman–Crippen MR) is 45.3 cm³/mol. The van der Waals surface area contributed by atoms with Crippen molar-refractivity contribution in [3.63, 3.8) is 0 Å². The van der Waals surface area contributed by atoms with Gasteiger partial charge < -0.3 is 10.3 Å². The van der Waals surface area contributed by atoms with Crippen LogP contribution in [0.5, 0.6) is 0 Å². The van der Waals surface area contributed by atoms with Crippen molar-refractivity contribution in [3.05, 3.63) is 18.2 Å². The fourth-order valence-electron chi connectivity index (χ4n) is 0.867. The minimum absolute atomic E-state index is 0.00125. The molecule has 0 amide bonds. The van der Waals surface area contributed by atoms with E-state index in [0.29, 0.717) is 6.54 Å². The van der Waals surface area contributed by atoms with Gasteiger partial charge in [-0.25, -0.2) is 4.98 Å². The van der Waals surface area contributed by atoms with Crippen LogP contribution >= 0.6 is 0 Å². The summed E-state index contributed by atoms with van der Waals surface area (Å²) >= 11 is 0. The highest BCUT2D eigenvalue weighted by Gasteiger charge is 2.20. The molecule has 62 valence electrons. The van der Waals surface area contributed by atoms with Crippen LogP contribution in [0.3, 0.4) is 0 Å². The second kappa shape index (κ2) is 2.66. The molecule has 0 radical (unpaired) electrons. The summed E-state index contributed by atoms with van der Waals surface area (Å²) in [5, 5.41) is 0. The molecule has 1 rings (SSSR count). The summed E-state index contributed by atoms with van der Waals surface area (Å²) < 4.78 is 1.94. The van der Waals surface area contributed by atoms with Crippen molar-refractivity contribution in [2.45, 2.75) is 19.3 Å². The van der Waals surface area contributed by atoms with Crippen molar-refractivity contribution in [1.82, 2.24) is 9.55 Å². The lowest BCUT2D eigenvalue weighted by Crippen LogP contribution is -2.28. The second-order valence-corrected chi connectivity index (χ2v) is 3.51. The molecule has 3 nitrogen and oxygen atoms in total. The van der Waals surface area contributed by atoms with E-state index in [-0.39, 0.29) is 5.41 Å². The van der Waals surface area contributed by atoms with E-state index < -0.39 is 0 Å². The second-order valence-electron chi connectivity index (χ2n) is 3.51. The van der Waals surface area contributed by atoms with E-state index in [0.717, 1.165) is 5.69 Å². The Morgan fingerprint density at radius 3 is 2.64 bits per heavy atom. The van der Waals surface area contributed by atoms with E-state index in [1.165, 1.54) is 0 Å². The molecule has 0 aliphatic heterocycles. The van der Waals surface area contributed by atoms with Gasteiger partial charge in [0, 0.05) is 25.2 Å². The van der Waals surface area contributed by atoms with Crippen LogP contribution in [-0.4, -0.2) is 16.1 Å². The maximum absolute atomic E-state index is 5.60. The van der Waals surface area contributed by atoms with Gasteiger partial charge in [0.1, 0.15) is 0 Å². The first kappa shape index (κ1) is 8.27. The molecule has 11 heavy (non-hydrogen) atoms. The van der Waals surface area contributed by atoms with E-state index in [1.54, 1.807) is 6.33 Å². The number of rotatable bonds is 2. The van der Waals surface area contributed by atoms with Gasteiger partial charge in [-0.3, -0.25) is 0 Å². The summed E-state index contributed by atoms with van der Waals surface area (Å²) in [5.41, 5.74) is 6.66. The summed E-state index contributed by atoms with van der Waals surface area (Å²) in [4.78, 5) is 4.24. The molecule has 0 atom stereocenters. The molecule has 1 heterocycles. The summed E-state index contributed by atoms with van der Waals surface area (Å²) in [5.74, 6) is 0. The van der Waals surface area contributed by atoms with E-state index >= 15 is 0 Å². The number of nitrogens with zero attached hydrogens (tertiary/aromatic N) is 2. The highest BCUT2D eigenvalue weighted by molar-refractivity contribution is 5.11. The smallest absolute Gasteiger partial charge is 0.0947 e. The van der Waals surface area contributed by atoms with Gasteiger partial charge >= 0.3 is 0 Å². The van der Waals surface area contributed by atoms with Crippen LogP contribution in [-0.2, 0) is 12.5 Å². The van der Waals surface area contributed by atoms with Gasteiger partial charge in [0.15, 0.2) is 0 Å². The molecule has 1 aromatic heterocycles. The molecule has 0 aromatic carbocycles. The van der Waals surface area contributed by atoms with Crippen LogP contribution in [0.4, 0.5) is 0 Å². The molecule has 0 aliphatic rings. The Balaban J connectivity index is 2.92. The normalized spacial score (nSPS) is 12.0. The van der Waals surface area contributed by atoms with Crippen LogP contribution in [0.2, 0.25) is 0 Å². The third-order valence-electron chi connectivity index (χ3n) is 1.91. The van der Waals surface area contributed by atoms with Crippen molar-refractivity contribution in [2.24, 2.45) is 12.8 Å². The number of imidazole rings is 1. The lowest BCUT2D eigenvalue weighted by atomic mass is 9.90. The quantitative estimate of drug-likeness (QED) is 0.678. The number of hydrogen-bond acceptors (Lipinski definition) is 2. The average Bonchev–Trinajstić information content (AvgIpc) is 2.36. The maximum atomic E-state index is 5.60. The lowest BCUT2D eigenvalue weighted by Gasteiger charge is -2.18. The molecule has 0 spiro atoms. The van der Waals surface area contributed by atoms with Crippen LogP contribution in [0.15, 0.2) is 12.5 Å². The van der Waals surface area contributed by atoms with Crippen molar-refractivity contribution < 1.29 is 0 Å². The minimum atomic E-state index is 0.00125.